The number of rotatable bonds is 19. The van der Waals surface area contributed by atoms with E-state index in [-0.39, 0.29) is 67.7 Å². The average molecular weight is 1050 g/mol. The van der Waals surface area contributed by atoms with E-state index in [0.717, 1.165) is 40.8 Å². The lowest BCUT2D eigenvalue weighted by molar-refractivity contribution is -0.143. The number of hydrogen-bond donors (Lipinski definition) is 5. The lowest BCUT2D eigenvalue weighted by Crippen LogP contribution is -2.33. The molecule has 20 nitrogen and oxygen atoms in total. The van der Waals surface area contributed by atoms with Crippen LogP contribution in [-0.2, 0) is 77.4 Å². The van der Waals surface area contributed by atoms with Crippen molar-refractivity contribution in [3.05, 3.63) is 35.9 Å². The van der Waals surface area contributed by atoms with Gasteiger partial charge in [0.2, 0.25) is 0 Å². The zero-order valence-electron chi connectivity index (χ0n) is 40.4. The van der Waals surface area contributed by atoms with Gasteiger partial charge < -0.3 is 52.4 Å². The van der Waals surface area contributed by atoms with Crippen LogP contribution in [0.4, 0.5) is 0 Å². The molecule has 5 atom stereocenters. The Balaban J connectivity index is -0.000000374. The van der Waals surface area contributed by atoms with Gasteiger partial charge in [-0.05, 0) is 17.6 Å². The van der Waals surface area contributed by atoms with Gasteiger partial charge in [0.15, 0.2) is 25.6 Å². The molecule has 0 fully saturated rings. The molecule has 0 aliphatic heterocycles. The lowest BCUT2D eigenvalue weighted by Gasteiger charge is -2.17. The van der Waals surface area contributed by atoms with Gasteiger partial charge in [0, 0.05) is 47.9 Å². The van der Waals surface area contributed by atoms with Crippen molar-refractivity contribution < 1.29 is 71.6 Å². The highest BCUT2D eigenvalue weighted by Gasteiger charge is 2.23. The van der Waals surface area contributed by atoms with Gasteiger partial charge in [-0.25, -0.2) is 0 Å². The van der Waals surface area contributed by atoms with Crippen molar-refractivity contribution in [1.29, 1.82) is 0 Å². The Morgan fingerprint density at radius 1 is 0.507 bits per heavy atom. The van der Waals surface area contributed by atoms with Crippen molar-refractivity contribution >= 4 is 114 Å². The van der Waals surface area contributed by atoms with Crippen LogP contribution in [0.3, 0.4) is 0 Å². The molecule has 384 valence electrons. The Morgan fingerprint density at radius 3 is 1.12 bits per heavy atom. The van der Waals surface area contributed by atoms with Gasteiger partial charge in [-0.2, -0.15) is 0 Å². The van der Waals surface area contributed by atoms with Crippen molar-refractivity contribution in [1.82, 2.24) is 0 Å². The van der Waals surface area contributed by atoms with Crippen LogP contribution in [0, 0.1) is 0 Å². The smallest absolute Gasteiger partial charge is 0.323 e. The van der Waals surface area contributed by atoms with Crippen molar-refractivity contribution in [3.63, 3.8) is 0 Å². The van der Waals surface area contributed by atoms with Crippen LogP contribution in [0.25, 0.3) is 0 Å². The number of thioether (sulfide) groups is 5. The molecule has 1 rings (SSSR count). The van der Waals surface area contributed by atoms with E-state index in [1.165, 1.54) is 59.1 Å². The summed E-state index contributed by atoms with van der Waals surface area (Å²) in [6.45, 7) is 11.5. The first-order valence-corrected chi connectivity index (χ1v) is 25.0. The minimum Gasteiger partial charge on any atom is -0.468 e. The van der Waals surface area contributed by atoms with Crippen LogP contribution in [0.2, 0.25) is 0 Å². The van der Waals surface area contributed by atoms with E-state index < -0.39 is 60.1 Å². The monoisotopic (exact) mass is 1050 g/mol. The van der Waals surface area contributed by atoms with Crippen LogP contribution < -0.4 is 28.7 Å². The molecule has 0 aliphatic carbocycles. The quantitative estimate of drug-likeness (QED) is 0.0982. The van der Waals surface area contributed by atoms with Crippen molar-refractivity contribution in [2.45, 2.75) is 120 Å². The van der Waals surface area contributed by atoms with Gasteiger partial charge in [0.1, 0.15) is 30.2 Å². The normalized spacial score (nSPS) is 12.5. The second-order valence-electron chi connectivity index (χ2n) is 14.3. The summed E-state index contributed by atoms with van der Waals surface area (Å²) in [5.41, 5.74) is 28.0. The van der Waals surface area contributed by atoms with E-state index in [4.69, 9.17) is 28.7 Å². The number of carbonyl (C=O) groups excluding carboxylic acids is 10. The first-order valence-electron chi connectivity index (χ1n) is 20.1. The van der Waals surface area contributed by atoms with Crippen LogP contribution in [-0.4, -0.2) is 143 Å². The summed E-state index contributed by atoms with van der Waals surface area (Å²) in [6, 6.07) is 5.47. The van der Waals surface area contributed by atoms with Crippen LogP contribution in [0.15, 0.2) is 30.3 Å². The average Bonchev–Trinajstić information content (AvgIpc) is 3.26. The van der Waals surface area contributed by atoms with Crippen molar-refractivity contribution in [2.24, 2.45) is 28.7 Å². The number of benzene rings is 1. The van der Waals surface area contributed by atoms with Gasteiger partial charge in [0.25, 0.3) is 0 Å². The minimum absolute atomic E-state index is 0.00414. The number of carbonyl (C=O) groups is 10. The summed E-state index contributed by atoms with van der Waals surface area (Å²) >= 11 is 5.74. The van der Waals surface area contributed by atoms with Crippen molar-refractivity contribution in [2.75, 3.05) is 47.6 Å². The van der Waals surface area contributed by atoms with Gasteiger partial charge >= 0.3 is 29.8 Å². The second-order valence-corrected chi connectivity index (χ2v) is 21.1. The fourth-order valence-corrected chi connectivity index (χ4v) is 7.40. The molecule has 1 aromatic carbocycles. The summed E-state index contributed by atoms with van der Waals surface area (Å²) in [5.74, 6) is -1.45. The number of methoxy groups -OCH3 is 5. The summed E-state index contributed by atoms with van der Waals surface area (Å²) in [7, 11) is 6.25. The molecule has 10 N–H and O–H groups in total. The Bertz CT molecular complexity index is 1670. The highest BCUT2D eigenvalue weighted by Crippen LogP contribution is 2.25. The Morgan fingerprint density at radius 2 is 0.821 bits per heavy atom. The van der Waals surface area contributed by atoms with Crippen LogP contribution >= 0.6 is 58.8 Å². The molecule has 0 aliphatic rings. The third-order valence-corrected chi connectivity index (χ3v) is 11.3. The Hall–Kier alpha value is -3.53. The molecular weight excluding hydrogens is 975 g/mol. The largest absolute Gasteiger partial charge is 0.468 e. The zero-order chi connectivity index (χ0) is 52.9. The van der Waals surface area contributed by atoms with E-state index in [2.05, 4.69) is 23.7 Å². The summed E-state index contributed by atoms with van der Waals surface area (Å²) in [5, 5.41) is -0.231. The topological polar surface area (TPSA) is 347 Å². The SMILES string of the molecule is CCSC(=O)CC(N)C(=O)OC.COC(=O)C(N)CC(=O)SC.COC(=O)C(N)CC(=O)SC(C)(C)C.COC(=O)C(N)CC(=O)SC(C)C.COC(=O)C(N)CC(=O)SCc1ccccc1. The van der Waals surface area contributed by atoms with Gasteiger partial charge in [-0.3, -0.25) is 47.9 Å². The van der Waals surface area contributed by atoms with E-state index in [0.29, 0.717) is 11.5 Å². The molecule has 25 heteroatoms. The summed E-state index contributed by atoms with van der Waals surface area (Å²) in [4.78, 5) is 110. The number of ether oxygens (including phenoxy) is 5. The third kappa shape index (κ3) is 42.3. The Labute approximate surface area is 415 Å². The van der Waals surface area contributed by atoms with Gasteiger partial charge in [-0.1, -0.05) is 131 Å². The highest BCUT2D eigenvalue weighted by atomic mass is 32.2. The molecule has 0 spiro atoms. The van der Waals surface area contributed by atoms with Gasteiger partial charge in [0.05, 0.1) is 35.5 Å². The fourth-order valence-electron chi connectivity index (χ4n) is 3.87. The van der Waals surface area contributed by atoms with Crippen LogP contribution in [0.1, 0.15) is 79.2 Å². The predicted octanol–water partition coefficient (Wildman–Crippen LogP) is 2.74. The van der Waals surface area contributed by atoms with E-state index >= 15 is 0 Å². The molecule has 5 unspecified atom stereocenters. The number of hydrogen-bond acceptors (Lipinski definition) is 25. The maximum atomic E-state index is 11.5. The molecular formula is C42H71N5O15S5. The standard InChI is InChI=1S/C12H15NO3S.C9H17NO3S.C8H15NO3S.C7H13NO3S.C6H11NO3S/c1-16-12(15)10(13)7-11(14)17-8-9-5-3-2-4-6-9;1-9(2,3)14-7(11)5-6(10)8(12)13-4;1-5(2)13-7(10)4-6(9)8(11)12-3;1-3-12-6(9)4-5(8)7(10)11-2;1-10-6(9)4(7)3-5(8)11-2/h2-6,10H,7-8,13H2,1H3;6H,5,10H2,1-4H3;5-6H,4,9H2,1-3H3;5H,3-4,8H2,1-2H3;4H,3,7H2,1-2H3. The molecule has 0 radical (unpaired) electrons. The van der Waals surface area contributed by atoms with Crippen LogP contribution in [0.5, 0.6) is 0 Å². The first-order chi connectivity index (χ1) is 31.1. The molecule has 0 heterocycles. The highest BCUT2D eigenvalue weighted by molar-refractivity contribution is 8.15. The molecule has 0 amide bonds. The summed E-state index contributed by atoms with van der Waals surface area (Å²) < 4.78 is 21.8. The molecule has 0 aromatic heterocycles. The maximum Gasteiger partial charge on any atom is 0.323 e. The molecule has 0 saturated heterocycles. The van der Waals surface area contributed by atoms with E-state index in [9.17, 15) is 47.9 Å². The lowest BCUT2D eigenvalue weighted by atomic mass is 10.2. The minimum atomic E-state index is -0.865. The first kappa shape index (κ1) is 70.0. The van der Waals surface area contributed by atoms with E-state index in [1.54, 1.807) is 6.26 Å². The Kier molecular flexibility index (Phi) is 43.3. The number of nitrogens with two attached hydrogens (primary N) is 5. The maximum absolute atomic E-state index is 11.5. The number of esters is 5. The predicted molar refractivity (Wildman–Crippen MR) is 268 cm³/mol. The molecule has 1 aromatic rings. The van der Waals surface area contributed by atoms with Gasteiger partial charge in [-0.15, -0.1) is 0 Å². The fraction of sp³-hybridized carbons (Fsp3) is 0.619. The molecule has 67 heavy (non-hydrogen) atoms. The molecule has 0 bridgehead atoms. The third-order valence-electron chi connectivity index (χ3n) is 7.02. The summed E-state index contributed by atoms with van der Waals surface area (Å²) in [6.07, 6.45) is 1.79. The van der Waals surface area contributed by atoms with E-state index in [1.807, 2.05) is 71.9 Å². The molecule has 0 saturated carbocycles. The van der Waals surface area contributed by atoms with Crippen molar-refractivity contribution in [3.8, 4) is 0 Å². The second kappa shape index (κ2) is 41.4. The zero-order valence-corrected chi connectivity index (χ0v) is 44.4.